The molecule has 3 rings (SSSR count). The molecule has 0 aliphatic heterocycles. The van der Waals surface area contributed by atoms with E-state index in [9.17, 15) is 18.0 Å². The van der Waals surface area contributed by atoms with Gasteiger partial charge in [0.05, 0.1) is 20.8 Å². The summed E-state index contributed by atoms with van der Waals surface area (Å²) < 4.78 is 38.6. The van der Waals surface area contributed by atoms with E-state index in [1.54, 1.807) is 11.3 Å². The summed E-state index contributed by atoms with van der Waals surface area (Å²) >= 11 is 1.57. The number of carbonyl (C=O) groups excluding carboxylic acids is 1. The first kappa shape index (κ1) is 16.6. The molecular formula is C18H14F3NOS. The average molecular weight is 349 g/mol. The minimum Gasteiger partial charge on any atom is -0.299 e. The second-order valence-corrected chi connectivity index (χ2v) is 6.86. The molecule has 0 saturated carbocycles. The second kappa shape index (κ2) is 6.36. The van der Waals surface area contributed by atoms with Gasteiger partial charge >= 0.3 is 6.18 Å². The lowest BCUT2D eigenvalue weighted by atomic mass is 10.0. The molecule has 2 aromatic carbocycles. The predicted molar refractivity (Wildman–Crippen MR) is 88.2 cm³/mol. The summed E-state index contributed by atoms with van der Waals surface area (Å²) in [6.07, 6.45) is -3.98. The van der Waals surface area contributed by atoms with Gasteiger partial charge in [0, 0.05) is 12.8 Å². The number of carbonyl (C=O) groups is 1. The Morgan fingerprint density at radius 2 is 1.67 bits per heavy atom. The van der Waals surface area contributed by atoms with Crippen molar-refractivity contribution < 1.29 is 18.0 Å². The van der Waals surface area contributed by atoms with Gasteiger partial charge in [0.1, 0.15) is 5.78 Å². The van der Waals surface area contributed by atoms with E-state index < -0.39 is 11.7 Å². The Morgan fingerprint density at radius 3 is 2.33 bits per heavy atom. The van der Waals surface area contributed by atoms with Crippen LogP contribution < -0.4 is 0 Å². The van der Waals surface area contributed by atoms with Crippen LogP contribution in [0.3, 0.4) is 0 Å². The highest BCUT2D eigenvalue weighted by molar-refractivity contribution is 7.18. The summed E-state index contributed by atoms with van der Waals surface area (Å²) in [5.74, 6) is -0.0321. The monoisotopic (exact) mass is 349 g/mol. The van der Waals surface area contributed by atoms with E-state index in [2.05, 4.69) is 4.98 Å². The quantitative estimate of drug-likeness (QED) is 0.665. The van der Waals surface area contributed by atoms with Crippen LogP contribution in [-0.2, 0) is 23.8 Å². The maximum atomic E-state index is 12.5. The standard InChI is InChI=1S/C18H14F3NOS/c1-11-22-16-7-4-13(10-17(16)24-11)9-15(23)8-12-2-5-14(6-3-12)18(19,20)21/h2-7,10H,8-9H2,1H3. The topological polar surface area (TPSA) is 30.0 Å². The molecule has 124 valence electrons. The van der Waals surface area contributed by atoms with Crippen LogP contribution in [-0.4, -0.2) is 10.8 Å². The number of halogens is 3. The molecule has 0 amide bonds. The molecule has 2 nitrogen and oxygen atoms in total. The molecule has 1 heterocycles. The summed E-state index contributed by atoms with van der Waals surface area (Å²) in [4.78, 5) is 16.5. The van der Waals surface area contributed by atoms with Crippen molar-refractivity contribution in [3.05, 3.63) is 64.2 Å². The van der Waals surface area contributed by atoms with Crippen LogP contribution in [0.15, 0.2) is 42.5 Å². The molecule has 0 bridgehead atoms. The van der Waals surface area contributed by atoms with E-state index in [0.717, 1.165) is 32.9 Å². The number of rotatable bonds is 4. The SMILES string of the molecule is Cc1nc2ccc(CC(=O)Cc3ccc(C(F)(F)F)cc3)cc2s1. The molecule has 0 unspecified atom stereocenters. The first-order chi connectivity index (χ1) is 11.3. The van der Waals surface area contributed by atoms with Gasteiger partial charge in [-0.3, -0.25) is 4.79 Å². The van der Waals surface area contributed by atoms with Crippen molar-refractivity contribution in [1.82, 2.24) is 4.98 Å². The van der Waals surface area contributed by atoms with Crippen LogP contribution in [0, 0.1) is 6.92 Å². The number of hydrogen-bond acceptors (Lipinski definition) is 3. The summed E-state index contributed by atoms with van der Waals surface area (Å²) in [5.41, 5.74) is 1.69. The first-order valence-corrected chi connectivity index (χ1v) is 8.17. The summed E-state index contributed by atoms with van der Waals surface area (Å²) in [6, 6.07) is 10.4. The van der Waals surface area contributed by atoms with Gasteiger partial charge in [-0.25, -0.2) is 4.98 Å². The Balaban J connectivity index is 1.68. The number of hydrogen-bond donors (Lipinski definition) is 0. The molecule has 0 atom stereocenters. The lowest BCUT2D eigenvalue weighted by Gasteiger charge is -2.07. The van der Waals surface area contributed by atoms with Crippen molar-refractivity contribution in [1.29, 1.82) is 0 Å². The van der Waals surface area contributed by atoms with Gasteiger partial charge in [0.25, 0.3) is 0 Å². The molecule has 1 aromatic heterocycles. The van der Waals surface area contributed by atoms with Crippen LogP contribution in [0.25, 0.3) is 10.2 Å². The zero-order chi connectivity index (χ0) is 17.3. The lowest BCUT2D eigenvalue weighted by molar-refractivity contribution is -0.137. The zero-order valence-electron chi connectivity index (χ0n) is 12.9. The highest BCUT2D eigenvalue weighted by atomic mass is 32.1. The van der Waals surface area contributed by atoms with Gasteiger partial charge in [-0.2, -0.15) is 13.2 Å². The molecule has 24 heavy (non-hydrogen) atoms. The number of benzene rings is 2. The number of thiazole rings is 1. The van der Waals surface area contributed by atoms with Crippen molar-refractivity contribution >= 4 is 27.3 Å². The minimum atomic E-state index is -4.36. The van der Waals surface area contributed by atoms with Crippen LogP contribution >= 0.6 is 11.3 Å². The smallest absolute Gasteiger partial charge is 0.299 e. The molecule has 6 heteroatoms. The number of alkyl halides is 3. The lowest BCUT2D eigenvalue weighted by Crippen LogP contribution is -2.08. The third-order valence-electron chi connectivity index (χ3n) is 3.64. The summed E-state index contributed by atoms with van der Waals surface area (Å²) in [6.45, 7) is 1.93. The molecule has 0 radical (unpaired) electrons. The molecule has 0 N–H and O–H groups in total. The molecule has 0 spiro atoms. The molecular weight excluding hydrogens is 335 g/mol. The third-order valence-corrected chi connectivity index (χ3v) is 4.58. The second-order valence-electron chi connectivity index (χ2n) is 5.62. The highest BCUT2D eigenvalue weighted by Gasteiger charge is 2.29. The number of fused-ring (bicyclic) bond motifs is 1. The minimum absolute atomic E-state index is 0.0321. The molecule has 0 aliphatic rings. The zero-order valence-corrected chi connectivity index (χ0v) is 13.7. The van der Waals surface area contributed by atoms with E-state index in [4.69, 9.17) is 0 Å². The van der Waals surface area contributed by atoms with E-state index in [-0.39, 0.29) is 18.6 Å². The van der Waals surface area contributed by atoms with Gasteiger partial charge < -0.3 is 0 Å². The number of nitrogens with zero attached hydrogens (tertiary/aromatic N) is 1. The van der Waals surface area contributed by atoms with E-state index in [0.29, 0.717) is 5.56 Å². The van der Waals surface area contributed by atoms with Crippen molar-refractivity contribution in [3.63, 3.8) is 0 Å². The Hall–Kier alpha value is -2.21. The average Bonchev–Trinajstić information content (AvgIpc) is 2.86. The molecule has 3 aromatic rings. The number of aromatic nitrogens is 1. The van der Waals surface area contributed by atoms with Gasteiger partial charge in [-0.05, 0) is 42.3 Å². The summed E-state index contributed by atoms with van der Waals surface area (Å²) in [5, 5.41) is 0.971. The van der Waals surface area contributed by atoms with E-state index >= 15 is 0 Å². The van der Waals surface area contributed by atoms with Gasteiger partial charge in [-0.15, -0.1) is 11.3 Å². The maximum Gasteiger partial charge on any atom is 0.416 e. The van der Waals surface area contributed by atoms with Crippen LogP contribution in [0.5, 0.6) is 0 Å². The van der Waals surface area contributed by atoms with Crippen molar-refractivity contribution in [2.45, 2.75) is 25.9 Å². The number of Topliss-reactive ketones (excluding diaryl/α,β-unsaturated/α-hetero) is 1. The largest absolute Gasteiger partial charge is 0.416 e. The van der Waals surface area contributed by atoms with Gasteiger partial charge in [0.2, 0.25) is 0 Å². The molecule has 0 fully saturated rings. The van der Waals surface area contributed by atoms with Crippen molar-refractivity contribution in [2.75, 3.05) is 0 Å². The van der Waals surface area contributed by atoms with Gasteiger partial charge in [-0.1, -0.05) is 18.2 Å². The fraction of sp³-hybridized carbons (Fsp3) is 0.222. The van der Waals surface area contributed by atoms with Crippen molar-refractivity contribution in [2.24, 2.45) is 0 Å². The Kier molecular flexibility index (Phi) is 4.41. The molecule has 0 aliphatic carbocycles. The third kappa shape index (κ3) is 3.82. The number of aryl methyl sites for hydroxylation is 1. The molecule has 0 saturated heterocycles. The summed E-state index contributed by atoms with van der Waals surface area (Å²) in [7, 11) is 0. The Morgan fingerprint density at radius 1 is 1.04 bits per heavy atom. The van der Waals surface area contributed by atoms with Crippen LogP contribution in [0.1, 0.15) is 21.7 Å². The van der Waals surface area contributed by atoms with Gasteiger partial charge in [0.15, 0.2) is 0 Å². The number of ketones is 1. The van der Waals surface area contributed by atoms with E-state index in [1.807, 2.05) is 25.1 Å². The van der Waals surface area contributed by atoms with Crippen LogP contribution in [0.2, 0.25) is 0 Å². The van der Waals surface area contributed by atoms with E-state index in [1.165, 1.54) is 12.1 Å². The van der Waals surface area contributed by atoms with Crippen LogP contribution in [0.4, 0.5) is 13.2 Å². The fourth-order valence-electron chi connectivity index (χ4n) is 2.52. The van der Waals surface area contributed by atoms with Crippen molar-refractivity contribution in [3.8, 4) is 0 Å². The Labute approximate surface area is 141 Å². The fourth-order valence-corrected chi connectivity index (χ4v) is 3.41. The predicted octanol–water partition coefficient (Wildman–Crippen LogP) is 4.98. The highest BCUT2D eigenvalue weighted by Crippen LogP contribution is 2.29. The normalized spacial score (nSPS) is 11.8. The maximum absolute atomic E-state index is 12.5. The Bertz CT molecular complexity index is 881. The first-order valence-electron chi connectivity index (χ1n) is 7.35.